The fourth-order valence-electron chi connectivity index (χ4n) is 2.26. The summed E-state index contributed by atoms with van der Waals surface area (Å²) in [6.45, 7) is 3.00. The van der Waals surface area contributed by atoms with Crippen LogP contribution in [0.4, 0.5) is 0 Å². The minimum absolute atomic E-state index is 0.447. The Morgan fingerprint density at radius 3 is 2.50 bits per heavy atom. The van der Waals surface area contributed by atoms with Crippen molar-refractivity contribution in [2.75, 3.05) is 13.2 Å². The summed E-state index contributed by atoms with van der Waals surface area (Å²) in [6, 6.07) is 5.16. The molecule has 1 aliphatic heterocycles. The van der Waals surface area contributed by atoms with Crippen molar-refractivity contribution in [3.05, 3.63) is 46.4 Å². The smallest absolute Gasteiger partial charge is 0.162 e. The number of hydrogen-bond acceptors (Lipinski definition) is 4. The van der Waals surface area contributed by atoms with Crippen LogP contribution in [0.25, 0.3) is 0 Å². The number of aliphatic hydroxyl groups excluding tert-OH is 1. The van der Waals surface area contributed by atoms with Crippen molar-refractivity contribution in [2.45, 2.75) is 19.4 Å². The molecule has 106 valence electrons. The van der Waals surface area contributed by atoms with E-state index in [0.717, 1.165) is 6.42 Å². The zero-order valence-electron chi connectivity index (χ0n) is 11.1. The van der Waals surface area contributed by atoms with Crippen LogP contribution in [0.2, 0.25) is 5.02 Å². The molecule has 3 rings (SSSR count). The molecule has 20 heavy (non-hydrogen) atoms. The Morgan fingerprint density at radius 1 is 1.15 bits per heavy atom. The molecule has 0 saturated heterocycles. The Balaban J connectivity index is 2.01. The first-order valence-corrected chi connectivity index (χ1v) is 6.85. The Kier molecular flexibility index (Phi) is 3.59. The summed E-state index contributed by atoms with van der Waals surface area (Å²) in [5, 5.41) is 10.9. The van der Waals surface area contributed by atoms with Gasteiger partial charge in [0.15, 0.2) is 11.5 Å². The van der Waals surface area contributed by atoms with Crippen LogP contribution in [0.5, 0.6) is 11.5 Å². The molecule has 2 heterocycles. The minimum Gasteiger partial charge on any atom is -0.490 e. The molecule has 1 atom stereocenters. The van der Waals surface area contributed by atoms with Crippen LogP contribution in [0.1, 0.15) is 29.4 Å². The standard InChI is InChI=1S/C15H15ClO4/c1-9-10(3-6-18-9)15(17)11-7-13-14(8-12(11)16)20-5-2-4-19-13/h3,6-8,15,17H,2,4-5H2,1H3. The molecule has 0 saturated carbocycles. The monoisotopic (exact) mass is 294 g/mol. The molecule has 2 aromatic rings. The SMILES string of the molecule is Cc1occc1C(O)c1cc2c(cc1Cl)OCCCO2. The van der Waals surface area contributed by atoms with E-state index in [4.69, 9.17) is 25.5 Å². The topological polar surface area (TPSA) is 51.8 Å². The quantitative estimate of drug-likeness (QED) is 0.921. The molecule has 0 amide bonds. The number of rotatable bonds is 2. The molecule has 1 N–H and O–H groups in total. The maximum absolute atomic E-state index is 10.5. The molecule has 0 spiro atoms. The number of furan rings is 1. The van der Waals surface area contributed by atoms with Gasteiger partial charge in [-0.2, -0.15) is 0 Å². The van der Waals surface area contributed by atoms with E-state index in [9.17, 15) is 5.11 Å². The van der Waals surface area contributed by atoms with E-state index in [-0.39, 0.29) is 0 Å². The predicted octanol–water partition coefficient (Wildman–Crippen LogP) is 3.48. The number of aryl methyl sites for hydroxylation is 1. The van der Waals surface area contributed by atoms with Crippen LogP contribution in [-0.4, -0.2) is 18.3 Å². The van der Waals surface area contributed by atoms with E-state index in [0.29, 0.717) is 46.6 Å². The Bertz CT molecular complexity index is 620. The van der Waals surface area contributed by atoms with Crippen LogP contribution < -0.4 is 9.47 Å². The summed E-state index contributed by atoms with van der Waals surface area (Å²) in [5.41, 5.74) is 1.28. The molecule has 0 radical (unpaired) electrons. The normalized spacial score (nSPS) is 15.8. The van der Waals surface area contributed by atoms with E-state index in [1.165, 1.54) is 0 Å². The summed E-state index contributed by atoms with van der Waals surface area (Å²) < 4.78 is 16.4. The van der Waals surface area contributed by atoms with Gasteiger partial charge in [0.05, 0.1) is 24.5 Å². The molecule has 5 heteroatoms. The first kappa shape index (κ1) is 13.3. The van der Waals surface area contributed by atoms with Gasteiger partial charge in [-0.25, -0.2) is 0 Å². The lowest BCUT2D eigenvalue weighted by atomic mass is 10.0. The molecule has 1 unspecified atom stereocenters. The maximum atomic E-state index is 10.5. The van der Waals surface area contributed by atoms with Gasteiger partial charge in [-0.15, -0.1) is 0 Å². The lowest BCUT2D eigenvalue weighted by molar-refractivity contribution is 0.217. The fraction of sp³-hybridized carbons (Fsp3) is 0.333. The van der Waals surface area contributed by atoms with Crippen LogP contribution in [0.15, 0.2) is 28.9 Å². The van der Waals surface area contributed by atoms with Gasteiger partial charge >= 0.3 is 0 Å². The largest absolute Gasteiger partial charge is 0.490 e. The summed E-state index contributed by atoms with van der Waals surface area (Å²) in [7, 11) is 0. The van der Waals surface area contributed by atoms with Gasteiger partial charge in [-0.05, 0) is 19.1 Å². The van der Waals surface area contributed by atoms with E-state index in [1.807, 2.05) is 0 Å². The minimum atomic E-state index is -0.849. The van der Waals surface area contributed by atoms with Crippen LogP contribution in [0, 0.1) is 6.92 Å². The molecule has 0 bridgehead atoms. The van der Waals surface area contributed by atoms with Crippen molar-refractivity contribution >= 4 is 11.6 Å². The highest BCUT2D eigenvalue weighted by Gasteiger charge is 2.21. The Morgan fingerprint density at radius 2 is 1.85 bits per heavy atom. The molecule has 0 fully saturated rings. The van der Waals surface area contributed by atoms with Gasteiger partial charge in [-0.1, -0.05) is 11.6 Å². The number of ether oxygens (including phenoxy) is 2. The van der Waals surface area contributed by atoms with Crippen LogP contribution in [-0.2, 0) is 0 Å². The molecular formula is C15H15ClO4. The second-order valence-corrected chi connectivity index (χ2v) is 5.11. The average Bonchev–Trinajstić information content (AvgIpc) is 2.72. The zero-order chi connectivity index (χ0) is 14.1. The van der Waals surface area contributed by atoms with Crippen molar-refractivity contribution in [1.82, 2.24) is 0 Å². The number of fused-ring (bicyclic) bond motifs is 1. The maximum Gasteiger partial charge on any atom is 0.162 e. The molecule has 1 aromatic heterocycles. The van der Waals surface area contributed by atoms with Crippen molar-refractivity contribution in [3.63, 3.8) is 0 Å². The highest BCUT2D eigenvalue weighted by Crippen LogP contribution is 2.39. The molecule has 0 aliphatic carbocycles. The van der Waals surface area contributed by atoms with Crippen molar-refractivity contribution in [1.29, 1.82) is 0 Å². The van der Waals surface area contributed by atoms with Crippen LogP contribution in [0.3, 0.4) is 0 Å². The average molecular weight is 295 g/mol. The van der Waals surface area contributed by atoms with Gasteiger partial charge < -0.3 is 19.0 Å². The molecule has 4 nitrogen and oxygen atoms in total. The van der Waals surface area contributed by atoms with E-state index in [1.54, 1.807) is 31.4 Å². The summed E-state index contributed by atoms with van der Waals surface area (Å²) in [5.74, 6) is 1.90. The second kappa shape index (κ2) is 5.38. The molecule has 1 aromatic carbocycles. The number of halogens is 1. The van der Waals surface area contributed by atoms with Gasteiger partial charge in [-0.3, -0.25) is 0 Å². The van der Waals surface area contributed by atoms with Gasteiger partial charge in [0.2, 0.25) is 0 Å². The van der Waals surface area contributed by atoms with Gasteiger partial charge in [0.1, 0.15) is 11.9 Å². The number of benzene rings is 1. The summed E-state index contributed by atoms with van der Waals surface area (Å²) >= 11 is 6.25. The van der Waals surface area contributed by atoms with Crippen molar-refractivity contribution in [2.24, 2.45) is 0 Å². The highest BCUT2D eigenvalue weighted by molar-refractivity contribution is 6.31. The number of hydrogen-bond donors (Lipinski definition) is 1. The van der Waals surface area contributed by atoms with Crippen molar-refractivity contribution < 1.29 is 19.0 Å². The molecular weight excluding hydrogens is 280 g/mol. The lowest BCUT2D eigenvalue weighted by Gasteiger charge is -2.15. The fourth-order valence-corrected chi connectivity index (χ4v) is 2.51. The third-order valence-corrected chi connectivity index (χ3v) is 3.68. The van der Waals surface area contributed by atoms with Gasteiger partial charge in [0, 0.05) is 23.6 Å². The van der Waals surface area contributed by atoms with E-state index >= 15 is 0 Å². The second-order valence-electron chi connectivity index (χ2n) is 4.71. The third kappa shape index (κ3) is 2.37. The van der Waals surface area contributed by atoms with E-state index in [2.05, 4.69) is 0 Å². The van der Waals surface area contributed by atoms with E-state index < -0.39 is 6.10 Å². The summed E-state index contributed by atoms with van der Waals surface area (Å²) in [4.78, 5) is 0. The predicted molar refractivity (Wildman–Crippen MR) is 74.6 cm³/mol. The van der Waals surface area contributed by atoms with Crippen molar-refractivity contribution in [3.8, 4) is 11.5 Å². The summed E-state index contributed by atoms with van der Waals surface area (Å²) in [6.07, 6.45) is 1.52. The third-order valence-electron chi connectivity index (χ3n) is 3.35. The highest BCUT2D eigenvalue weighted by atomic mass is 35.5. The number of aliphatic hydroxyl groups is 1. The zero-order valence-corrected chi connectivity index (χ0v) is 11.8. The Hall–Kier alpha value is -1.65. The first-order valence-electron chi connectivity index (χ1n) is 6.48. The Labute approximate surface area is 121 Å². The van der Waals surface area contributed by atoms with Crippen LogP contribution >= 0.6 is 11.6 Å². The lowest BCUT2D eigenvalue weighted by Crippen LogP contribution is -2.02. The first-order chi connectivity index (χ1) is 9.66. The van der Waals surface area contributed by atoms with Gasteiger partial charge in [0.25, 0.3) is 0 Å². The molecule has 1 aliphatic rings.